The second-order valence-corrected chi connectivity index (χ2v) is 4.71. The number of carbonyl (C=O) groups is 1. The molecule has 2 aliphatic rings. The number of nitrogens with zero attached hydrogens (tertiary/aromatic N) is 1. The van der Waals surface area contributed by atoms with Crippen LogP contribution in [0.3, 0.4) is 0 Å². The number of nitrogens with one attached hydrogen (secondary N) is 1. The molecule has 1 saturated heterocycles. The van der Waals surface area contributed by atoms with Crippen molar-refractivity contribution in [3.8, 4) is 0 Å². The van der Waals surface area contributed by atoms with E-state index in [4.69, 9.17) is 0 Å². The first-order chi connectivity index (χ1) is 7.59. The van der Waals surface area contributed by atoms with Crippen molar-refractivity contribution in [2.24, 2.45) is 0 Å². The van der Waals surface area contributed by atoms with Crippen LogP contribution in [0, 0.1) is 0 Å². The van der Waals surface area contributed by atoms with Crippen LogP contribution in [0.5, 0.6) is 0 Å². The molecule has 0 aromatic carbocycles. The summed E-state index contributed by atoms with van der Waals surface area (Å²) in [4.78, 5) is 13.5. The van der Waals surface area contributed by atoms with Gasteiger partial charge in [-0.25, -0.2) is 8.78 Å². The van der Waals surface area contributed by atoms with E-state index in [0.29, 0.717) is 6.42 Å². The second kappa shape index (κ2) is 4.28. The normalized spacial score (nSPS) is 28.6. The molecule has 2 fully saturated rings. The minimum atomic E-state index is -2.45. The lowest BCUT2D eigenvalue weighted by atomic mass is 9.98. The lowest BCUT2D eigenvalue weighted by Crippen LogP contribution is -2.44. The van der Waals surface area contributed by atoms with E-state index < -0.39 is 18.5 Å². The molecule has 0 bridgehead atoms. The first-order valence-electron chi connectivity index (χ1n) is 5.96. The third-order valence-electron chi connectivity index (χ3n) is 3.67. The molecule has 0 aromatic rings. The Balaban J connectivity index is 2.15. The molecule has 1 heterocycles. The van der Waals surface area contributed by atoms with Crippen LogP contribution in [0.4, 0.5) is 8.78 Å². The fourth-order valence-corrected chi connectivity index (χ4v) is 2.89. The van der Waals surface area contributed by atoms with Crippen molar-refractivity contribution in [2.75, 3.05) is 6.54 Å². The summed E-state index contributed by atoms with van der Waals surface area (Å²) in [5.41, 5.74) is -0.518. The largest absolute Gasteiger partial charge is 0.320 e. The van der Waals surface area contributed by atoms with Gasteiger partial charge >= 0.3 is 0 Å². The van der Waals surface area contributed by atoms with Crippen molar-refractivity contribution in [3.63, 3.8) is 0 Å². The van der Waals surface area contributed by atoms with E-state index in [1.54, 1.807) is 0 Å². The first kappa shape index (κ1) is 11.8. The highest BCUT2D eigenvalue weighted by Crippen LogP contribution is 2.37. The minimum absolute atomic E-state index is 0.114. The maximum atomic E-state index is 12.4. The van der Waals surface area contributed by atoms with E-state index in [1.165, 1.54) is 4.90 Å². The van der Waals surface area contributed by atoms with Gasteiger partial charge in [-0.3, -0.25) is 10.1 Å². The van der Waals surface area contributed by atoms with Crippen molar-refractivity contribution in [3.05, 3.63) is 0 Å². The molecular formula is C11H18F2N2O. The number of alkyl halides is 2. The number of hydrogen-bond donors (Lipinski definition) is 1. The maximum absolute atomic E-state index is 12.4. The summed E-state index contributed by atoms with van der Waals surface area (Å²) in [7, 11) is 0. The molecule has 1 aliphatic carbocycles. The molecule has 5 heteroatoms. The topological polar surface area (TPSA) is 32.3 Å². The molecular weight excluding hydrogens is 214 g/mol. The SMILES string of the molecule is CCC1NC2(CCCC2)C(=O)N1CC(F)F. The number of rotatable bonds is 3. The molecule has 1 spiro atoms. The zero-order valence-corrected chi connectivity index (χ0v) is 9.51. The number of hydrogen-bond acceptors (Lipinski definition) is 2. The quantitative estimate of drug-likeness (QED) is 0.803. The van der Waals surface area contributed by atoms with Crippen LogP contribution in [-0.4, -0.2) is 35.5 Å². The summed E-state index contributed by atoms with van der Waals surface area (Å²) < 4.78 is 24.8. The third kappa shape index (κ3) is 1.81. The fraction of sp³-hybridized carbons (Fsp3) is 0.909. The molecule has 1 amide bonds. The number of halogens is 2. The molecule has 92 valence electrons. The second-order valence-electron chi connectivity index (χ2n) is 4.71. The van der Waals surface area contributed by atoms with Gasteiger partial charge in [0.15, 0.2) is 0 Å². The predicted molar refractivity (Wildman–Crippen MR) is 56.1 cm³/mol. The van der Waals surface area contributed by atoms with Crippen molar-refractivity contribution in [1.29, 1.82) is 0 Å². The Bertz CT molecular complexity index is 277. The Morgan fingerprint density at radius 2 is 2.12 bits per heavy atom. The minimum Gasteiger partial charge on any atom is -0.320 e. The van der Waals surface area contributed by atoms with Crippen molar-refractivity contribution < 1.29 is 13.6 Å². The molecule has 2 rings (SSSR count). The average Bonchev–Trinajstić information content (AvgIpc) is 2.79. The fourth-order valence-electron chi connectivity index (χ4n) is 2.89. The van der Waals surface area contributed by atoms with E-state index in [-0.39, 0.29) is 12.1 Å². The molecule has 1 saturated carbocycles. The van der Waals surface area contributed by atoms with Crippen LogP contribution >= 0.6 is 0 Å². The highest BCUT2D eigenvalue weighted by Gasteiger charge is 2.51. The molecule has 16 heavy (non-hydrogen) atoms. The molecule has 1 unspecified atom stereocenters. The van der Waals surface area contributed by atoms with Crippen molar-refractivity contribution >= 4 is 5.91 Å². The average molecular weight is 232 g/mol. The summed E-state index contributed by atoms with van der Waals surface area (Å²) >= 11 is 0. The summed E-state index contributed by atoms with van der Waals surface area (Å²) in [6.45, 7) is 1.48. The van der Waals surface area contributed by atoms with Crippen LogP contribution < -0.4 is 5.32 Å². The van der Waals surface area contributed by atoms with Crippen LogP contribution in [0.15, 0.2) is 0 Å². The van der Waals surface area contributed by atoms with Gasteiger partial charge in [0.25, 0.3) is 6.43 Å². The van der Waals surface area contributed by atoms with Crippen LogP contribution in [-0.2, 0) is 4.79 Å². The lowest BCUT2D eigenvalue weighted by molar-refractivity contribution is -0.135. The Labute approximate surface area is 94.2 Å². The van der Waals surface area contributed by atoms with Gasteiger partial charge < -0.3 is 4.90 Å². The van der Waals surface area contributed by atoms with Crippen molar-refractivity contribution in [1.82, 2.24) is 10.2 Å². The Morgan fingerprint density at radius 1 is 1.50 bits per heavy atom. The predicted octanol–water partition coefficient (Wildman–Crippen LogP) is 1.73. The van der Waals surface area contributed by atoms with Gasteiger partial charge in [0.2, 0.25) is 5.91 Å². The molecule has 1 atom stereocenters. The van der Waals surface area contributed by atoms with Crippen molar-refractivity contribution in [2.45, 2.75) is 57.2 Å². The molecule has 1 N–H and O–H groups in total. The van der Waals surface area contributed by atoms with Gasteiger partial charge in [-0.1, -0.05) is 19.8 Å². The van der Waals surface area contributed by atoms with Gasteiger partial charge in [-0.15, -0.1) is 0 Å². The zero-order valence-electron chi connectivity index (χ0n) is 9.51. The molecule has 0 radical (unpaired) electrons. The highest BCUT2D eigenvalue weighted by molar-refractivity contribution is 5.89. The van der Waals surface area contributed by atoms with E-state index in [0.717, 1.165) is 25.7 Å². The Morgan fingerprint density at radius 3 is 2.62 bits per heavy atom. The number of carbonyl (C=O) groups excluding carboxylic acids is 1. The smallest absolute Gasteiger partial charge is 0.255 e. The van der Waals surface area contributed by atoms with E-state index in [2.05, 4.69) is 5.32 Å². The van der Waals surface area contributed by atoms with Crippen LogP contribution in [0.1, 0.15) is 39.0 Å². The van der Waals surface area contributed by atoms with Gasteiger partial charge in [0, 0.05) is 0 Å². The Hall–Kier alpha value is -0.710. The van der Waals surface area contributed by atoms with Gasteiger partial charge in [-0.05, 0) is 19.3 Å². The lowest BCUT2D eigenvalue weighted by Gasteiger charge is -2.22. The highest BCUT2D eigenvalue weighted by atomic mass is 19.3. The summed E-state index contributed by atoms with van der Waals surface area (Å²) in [6, 6.07) is 0. The summed E-state index contributed by atoms with van der Waals surface area (Å²) in [6.07, 6.45) is 1.63. The Kier molecular flexibility index (Phi) is 3.15. The monoisotopic (exact) mass is 232 g/mol. The van der Waals surface area contributed by atoms with Crippen LogP contribution in [0.25, 0.3) is 0 Å². The van der Waals surface area contributed by atoms with Crippen LogP contribution in [0.2, 0.25) is 0 Å². The van der Waals surface area contributed by atoms with E-state index >= 15 is 0 Å². The standard InChI is InChI=1S/C11H18F2N2O/c1-2-9-14-11(5-3-4-6-11)10(16)15(9)7-8(12)13/h8-9,14H,2-7H2,1H3. The first-order valence-corrected chi connectivity index (χ1v) is 5.96. The van der Waals surface area contributed by atoms with Gasteiger partial charge in [-0.2, -0.15) is 0 Å². The zero-order chi connectivity index (χ0) is 11.8. The van der Waals surface area contributed by atoms with Gasteiger partial charge in [0.05, 0.1) is 18.2 Å². The van der Waals surface area contributed by atoms with Gasteiger partial charge in [0.1, 0.15) is 0 Å². The molecule has 1 aliphatic heterocycles. The third-order valence-corrected chi connectivity index (χ3v) is 3.67. The molecule has 3 nitrogen and oxygen atoms in total. The molecule has 0 aromatic heterocycles. The van der Waals surface area contributed by atoms with E-state index in [9.17, 15) is 13.6 Å². The van der Waals surface area contributed by atoms with E-state index in [1.807, 2.05) is 6.92 Å². The summed E-state index contributed by atoms with van der Waals surface area (Å²) in [5, 5.41) is 3.26. The number of amides is 1. The maximum Gasteiger partial charge on any atom is 0.255 e. The summed E-state index contributed by atoms with van der Waals surface area (Å²) in [5.74, 6) is -0.114.